The molecule has 0 N–H and O–H groups in total. The molecule has 1 aliphatic rings. The van der Waals surface area contributed by atoms with Crippen LogP contribution in [0.1, 0.15) is 18.0 Å². The number of piperazine rings is 1. The van der Waals surface area contributed by atoms with Crippen molar-refractivity contribution in [2.24, 2.45) is 0 Å². The van der Waals surface area contributed by atoms with Crippen LogP contribution in [-0.2, 0) is 4.79 Å². The second-order valence-electron chi connectivity index (χ2n) is 7.86. The lowest BCUT2D eigenvalue weighted by molar-refractivity contribution is -0.130. The Morgan fingerprint density at radius 1 is 1.15 bits per heavy atom. The minimum Gasteiger partial charge on any atom is -0.339 e. The number of benzene rings is 2. The lowest BCUT2D eigenvalue weighted by Gasteiger charge is -2.37. The molecule has 0 spiro atoms. The largest absolute Gasteiger partial charge is 0.339 e. The molecule has 10 heteroatoms. The van der Waals surface area contributed by atoms with Gasteiger partial charge in [-0.15, -0.1) is 21.5 Å². The van der Waals surface area contributed by atoms with Crippen LogP contribution in [0.25, 0.3) is 15.9 Å². The van der Waals surface area contributed by atoms with Gasteiger partial charge in [-0.3, -0.25) is 14.3 Å². The maximum Gasteiger partial charge on any atom is 0.233 e. The van der Waals surface area contributed by atoms with Crippen molar-refractivity contribution in [2.45, 2.75) is 18.1 Å². The summed E-state index contributed by atoms with van der Waals surface area (Å²) in [6.07, 6.45) is 1.64. The number of nitrogens with zero attached hydrogens (tertiary/aromatic N) is 6. The van der Waals surface area contributed by atoms with E-state index in [-0.39, 0.29) is 11.9 Å². The van der Waals surface area contributed by atoms with Gasteiger partial charge in [0.05, 0.1) is 27.7 Å². The van der Waals surface area contributed by atoms with E-state index in [1.54, 1.807) is 17.7 Å². The van der Waals surface area contributed by atoms with Crippen LogP contribution in [0.15, 0.2) is 60.0 Å². The molecule has 7 nitrogen and oxygen atoms in total. The normalized spacial score (nSPS) is 15.8. The van der Waals surface area contributed by atoms with Crippen LogP contribution < -0.4 is 0 Å². The van der Waals surface area contributed by atoms with E-state index in [1.165, 1.54) is 16.5 Å². The molecule has 170 valence electrons. The highest BCUT2D eigenvalue weighted by Crippen LogP contribution is 2.30. The SMILES string of the molecule is CC(c1nc2ccccc2s1)N1CCN(C(=O)CSc2nncn2-c2cccc(Cl)c2)CC1. The van der Waals surface area contributed by atoms with Crippen molar-refractivity contribution < 1.29 is 4.79 Å². The molecular weight excluding hydrogens is 476 g/mol. The second kappa shape index (κ2) is 9.80. The van der Waals surface area contributed by atoms with Crippen LogP contribution in [0.5, 0.6) is 0 Å². The lowest BCUT2D eigenvalue weighted by atomic mass is 10.2. The van der Waals surface area contributed by atoms with E-state index in [0.717, 1.165) is 42.4 Å². The van der Waals surface area contributed by atoms with Gasteiger partial charge in [0.1, 0.15) is 11.3 Å². The molecule has 1 unspecified atom stereocenters. The topological polar surface area (TPSA) is 67.2 Å². The Morgan fingerprint density at radius 2 is 1.97 bits per heavy atom. The van der Waals surface area contributed by atoms with Gasteiger partial charge in [0.15, 0.2) is 5.16 Å². The molecule has 5 rings (SSSR count). The molecule has 1 aliphatic heterocycles. The Hall–Kier alpha value is -2.46. The molecule has 0 aliphatic carbocycles. The maximum atomic E-state index is 12.9. The molecular formula is C23H23ClN6OS2. The van der Waals surface area contributed by atoms with Gasteiger partial charge in [-0.1, -0.05) is 41.6 Å². The Bertz CT molecular complexity index is 1230. The highest BCUT2D eigenvalue weighted by molar-refractivity contribution is 7.99. The molecule has 1 atom stereocenters. The number of rotatable bonds is 6. The van der Waals surface area contributed by atoms with Gasteiger partial charge in [0.25, 0.3) is 0 Å². The van der Waals surface area contributed by atoms with Crippen LogP contribution in [0.3, 0.4) is 0 Å². The summed E-state index contributed by atoms with van der Waals surface area (Å²) in [4.78, 5) is 22.0. The number of hydrogen-bond donors (Lipinski definition) is 0. The number of thioether (sulfide) groups is 1. The minimum atomic E-state index is 0.118. The number of hydrogen-bond acceptors (Lipinski definition) is 7. The molecule has 33 heavy (non-hydrogen) atoms. The van der Waals surface area contributed by atoms with E-state index in [9.17, 15) is 4.79 Å². The fraction of sp³-hybridized carbons (Fsp3) is 0.304. The standard InChI is InChI=1S/C23H23ClN6OS2/c1-16(22-26-19-7-2-3-8-20(19)33-22)28-9-11-29(12-10-28)21(31)14-32-23-27-25-15-30(23)18-6-4-5-17(24)13-18/h2-8,13,15-16H,9-12,14H2,1H3. The first-order valence-electron chi connectivity index (χ1n) is 10.7. The summed E-state index contributed by atoms with van der Waals surface area (Å²) in [7, 11) is 0. The van der Waals surface area contributed by atoms with Gasteiger partial charge < -0.3 is 4.90 Å². The summed E-state index contributed by atoms with van der Waals surface area (Å²) < 4.78 is 3.07. The zero-order chi connectivity index (χ0) is 22.8. The third kappa shape index (κ3) is 4.91. The smallest absolute Gasteiger partial charge is 0.233 e. The van der Waals surface area contributed by atoms with Crippen molar-refractivity contribution in [1.82, 2.24) is 29.5 Å². The van der Waals surface area contributed by atoms with Crippen LogP contribution in [0, 0.1) is 0 Å². The molecule has 0 radical (unpaired) electrons. The summed E-state index contributed by atoms with van der Waals surface area (Å²) in [5, 5.41) is 10.6. The fourth-order valence-corrected chi connectivity index (χ4v) is 6.00. The number of para-hydroxylation sites is 1. The van der Waals surface area contributed by atoms with Gasteiger partial charge in [-0.25, -0.2) is 4.98 Å². The zero-order valence-electron chi connectivity index (χ0n) is 18.1. The number of thiazole rings is 1. The average Bonchev–Trinajstić information content (AvgIpc) is 3.49. The van der Waals surface area contributed by atoms with Gasteiger partial charge in [-0.2, -0.15) is 0 Å². The Kier molecular flexibility index (Phi) is 6.64. The molecule has 4 aromatic rings. The second-order valence-corrected chi connectivity index (χ2v) is 10.3. The van der Waals surface area contributed by atoms with Crippen molar-refractivity contribution in [3.05, 3.63) is 64.9 Å². The van der Waals surface area contributed by atoms with Gasteiger partial charge in [-0.05, 0) is 37.3 Å². The molecule has 2 aromatic carbocycles. The van der Waals surface area contributed by atoms with Crippen LogP contribution >= 0.6 is 34.7 Å². The van der Waals surface area contributed by atoms with E-state index in [0.29, 0.717) is 15.9 Å². The molecule has 0 bridgehead atoms. The molecule has 2 aromatic heterocycles. The number of halogens is 1. The fourth-order valence-electron chi connectivity index (χ4n) is 3.93. The summed E-state index contributed by atoms with van der Waals surface area (Å²) in [5.41, 5.74) is 1.93. The van der Waals surface area contributed by atoms with Crippen LogP contribution in [-0.4, -0.2) is 67.4 Å². The van der Waals surface area contributed by atoms with Crippen LogP contribution in [0.2, 0.25) is 5.02 Å². The Morgan fingerprint density at radius 3 is 2.76 bits per heavy atom. The lowest BCUT2D eigenvalue weighted by Crippen LogP contribution is -2.49. The summed E-state index contributed by atoms with van der Waals surface area (Å²) in [5.74, 6) is 0.445. The van der Waals surface area contributed by atoms with Gasteiger partial charge >= 0.3 is 0 Å². The van der Waals surface area contributed by atoms with Crippen molar-refractivity contribution >= 4 is 50.8 Å². The maximum absolute atomic E-state index is 12.9. The predicted octanol–water partition coefficient (Wildman–Crippen LogP) is 4.53. The molecule has 3 heterocycles. The van der Waals surface area contributed by atoms with E-state index in [1.807, 2.05) is 39.8 Å². The molecule has 1 amide bonds. The van der Waals surface area contributed by atoms with E-state index >= 15 is 0 Å². The number of amides is 1. The van der Waals surface area contributed by atoms with Crippen molar-refractivity contribution in [3.8, 4) is 5.69 Å². The van der Waals surface area contributed by atoms with Crippen molar-refractivity contribution in [3.63, 3.8) is 0 Å². The zero-order valence-corrected chi connectivity index (χ0v) is 20.5. The number of carbonyl (C=O) groups excluding carboxylic acids is 1. The average molecular weight is 499 g/mol. The Labute approximate surface area is 205 Å². The third-order valence-electron chi connectivity index (χ3n) is 5.81. The first kappa shape index (κ1) is 22.3. The predicted molar refractivity (Wildman–Crippen MR) is 133 cm³/mol. The number of aromatic nitrogens is 4. The highest BCUT2D eigenvalue weighted by Gasteiger charge is 2.26. The van der Waals surface area contributed by atoms with Gasteiger partial charge in [0.2, 0.25) is 5.91 Å². The highest BCUT2D eigenvalue weighted by atomic mass is 35.5. The van der Waals surface area contributed by atoms with E-state index in [4.69, 9.17) is 16.6 Å². The Balaban J connectivity index is 1.16. The molecule has 1 saturated heterocycles. The summed E-state index contributed by atoms with van der Waals surface area (Å²) in [6, 6.07) is 16.0. The van der Waals surface area contributed by atoms with E-state index in [2.05, 4.69) is 40.2 Å². The van der Waals surface area contributed by atoms with Gasteiger partial charge in [0, 0.05) is 31.2 Å². The van der Waals surface area contributed by atoms with Crippen LogP contribution in [0.4, 0.5) is 0 Å². The third-order valence-corrected chi connectivity index (χ3v) is 8.18. The molecule has 1 fully saturated rings. The summed E-state index contributed by atoms with van der Waals surface area (Å²) in [6.45, 7) is 5.32. The summed E-state index contributed by atoms with van der Waals surface area (Å²) >= 11 is 9.26. The van der Waals surface area contributed by atoms with E-state index < -0.39 is 0 Å². The number of fused-ring (bicyclic) bond motifs is 1. The van der Waals surface area contributed by atoms with Crippen molar-refractivity contribution in [2.75, 3.05) is 31.9 Å². The quantitative estimate of drug-likeness (QED) is 0.364. The molecule has 0 saturated carbocycles. The van der Waals surface area contributed by atoms with Crippen molar-refractivity contribution in [1.29, 1.82) is 0 Å². The minimum absolute atomic E-state index is 0.118. The monoisotopic (exact) mass is 498 g/mol. The first-order valence-corrected chi connectivity index (χ1v) is 12.9. The first-order chi connectivity index (χ1) is 16.1. The number of carbonyl (C=O) groups is 1.